The third-order valence-corrected chi connectivity index (χ3v) is 7.55. The Balaban J connectivity index is 1.24. The first-order chi connectivity index (χ1) is 16.8. The van der Waals surface area contributed by atoms with Crippen molar-refractivity contribution in [3.63, 3.8) is 0 Å². The molecule has 0 N–H and O–H groups in total. The molecule has 34 heavy (non-hydrogen) atoms. The lowest BCUT2D eigenvalue weighted by molar-refractivity contribution is -0.130. The van der Waals surface area contributed by atoms with E-state index in [2.05, 4.69) is 51.9 Å². The predicted molar refractivity (Wildman–Crippen MR) is 135 cm³/mol. The normalized spacial score (nSPS) is 19.4. The molecule has 1 aliphatic carbocycles. The summed E-state index contributed by atoms with van der Waals surface area (Å²) in [6, 6.07) is 23.2. The Morgan fingerprint density at radius 3 is 2.62 bits per heavy atom. The van der Waals surface area contributed by atoms with Gasteiger partial charge < -0.3 is 14.2 Å². The molecule has 5 heteroatoms. The zero-order chi connectivity index (χ0) is 22.9. The van der Waals surface area contributed by atoms with Gasteiger partial charge in [-0.05, 0) is 36.4 Å². The van der Waals surface area contributed by atoms with E-state index < -0.39 is 0 Å². The van der Waals surface area contributed by atoms with Gasteiger partial charge in [0.2, 0.25) is 5.91 Å². The molecule has 1 aromatic heterocycles. The summed E-state index contributed by atoms with van der Waals surface area (Å²) in [7, 11) is 0. The number of aromatic nitrogens is 2. The average molecular weight is 454 g/mol. The van der Waals surface area contributed by atoms with Crippen molar-refractivity contribution in [1.29, 1.82) is 0 Å². The number of imidazole rings is 1. The molecule has 2 fully saturated rings. The topological polar surface area (TPSA) is 47.4 Å². The molecular weight excluding hydrogens is 422 g/mol. The van der Waals surface area contributed by atoms with Gasteiger partial charge in [-0.15, -0.1) is 0 Å². The second-order valence-electron chi connectivity index (χ2n) is 9.68. The number of amides is 1. The van der Waals surface area contributed by atoms with Crippen molar-refractivity contribution in [3.05, 3.63) is 72.6 Å². The van der Waals surface area contributed by atoms with Gasteiger partial charge in [0, 0.05) is 30.3 Å². The van der Waals surface area contributed by atoms with Crippen LogP contribution in [0.5, 0.6) is 5.75 Å². The van der Waals surface area contributed by atoms with Crippen LogP contribution < -0.4 is 4.74 Å². The highest BCUT2D eigenvalue weighted by molar-refractivity contribution is 5.88. The van der Waals surface area contributed by atoms with Crippen LogP contribution in [0.3, 0.4) is 0 Å². The van der Waals surface area contributed by atoms with Gasteiger partial charge in [-0.3, -0.25) is 4.79 Å². The number of nitrogens with zero attached hydrogens (tertiary/aromatic N) is 3. The zero-order valence-corrected chi connectivity index (χ0v) is 19.5. The Hall–Kier alpha value is -3.34. The van der Waals surface area contributed by atoms with E-state index in [1.54, 1.807) is 0 Å². The summed E-state index contributed by atoms with van der Waals surface area (Å²) in [5, 5.41) is 2.31. The zero-order valence-electron chi connectivity index (χ0n) is 19.5. The quantitative estimate of drug-likeness (QED) is 0.364. The summed E-state index contributed by atoms with van der Waals surface area (Å²) in [6.45, 7) is 2.04. The van der Waals surface area contributed by atoms with Crippen LogP contribution >= 0.6 is 0 Å². The highest BCUT2D eigenvalue weighted by atomic mass is 16.5. The lowest BCUT2D eigenvalue weighted by Crippen LogP contribution is -2.37. The Labute approximate surface area is 200 Å². The van der Waals surface area contributed by atoms with Crippen molar-refractivity contribution in [1.82, 2.24) is 14.5 Å². The summed E-state index contributed by atoms with van der Waals surface area (Å²) in [6.07, 6.45) is 6.63. The number of hydrogen-bond donors (Lipinski definition) is 0. The first-order valence-electron chi connectivity index (χ1n) is 12.6. The van der Waals surface area contributed by atoms with Gasteiger partial charge in [0.25, 0.3) is 0 Å². The molecule has 2 heterocycles. The smallest absolute Gasteiger partial charge is 0.223 e. The van der Waals surface area contributed by atoms with E-state index in [1.807, 2.05) is 24.3 Å². The summed E-state index contributed by atoms with van der Waals surface area (Å²) < 4.78 is 8.55. The van der Waals surface area contributed by atoms with E-state index in [1.165, 1.54) is 24.6 Å². The number of carbonyl (C=O) groups is 1. The molecule has 0 spiro atoms. The minimum absolute atomic E-state index is 0.138. The first-order valence-corrected chi connectivity index (χ1v) is 12.6. The molecule has 4 aromatic rings. The van der Waals surface area contributed by atoms with Crippen molar-refractivity contribution < 1.29 is 9.53 Å². The van der Waals surface area contributed by atoms with Crippen LogP contribution in [0.1, 0.15) is 50.3 Å². The molecule has 174 valence electrons. The summed E-state index contributed by atoms with van der Waals surface area (Å²) in [5.41, 5.74) is 2.11. The van der Waals surface area contributed by atoms with Gasteiger partial charge in [-0.2, -0.15) is 0 Å². The van der Waals surface area contributed by atoms with Crippen LogP contribution in [0.4, 0.5) is 0 Å². The van der Waals surface area contributed by atoms with E-state index in [0.29, 0.717) is 31.5 Å². The van der Waals surface area contributed by atoms with E-state index in [-0.39, 0.29) is 5.92 Å². The molecule has 0 radical (unpaired) electrons. The van der Waals surface area contributed by atoms with Crippen molar-refractivity contribution in [2.24, 2.45) is 0 Å². The highest BCUT2D eigenvalue weighted by Crippen LogP contribution is 2.34. The second-order valence-corrected chi connectivity index (χ2v) is 9.68. The van der Waals surface area contributed by atoms with Crippen molar-refractivity contribution >= 4 is 27.7 Å². The molecule has 1 saturated carbocycles. The van der Waals surface area contributed by atoms with Gasteiger partial charge in [0.05, 0.1) is 17.6 Å². The monoisotopic (exact) mass is 453 g/mol. The Bertz CT molecular complexity index is 1320. The van der Waals surface area contributed by atoms with Crippen molar-refractivity contribution in [2.45, 2.75) is 57.0 Å². The maximum atomic E-state index is 13.0. The van der Waals surface area contributed by atoms with Crippen LogP contribution in [-0.2, 0) is 11.3 Å². The summed E-state index contributed by atoms with van der Waals surface area (Å²) in [5.74, 6) is 2.36. The number of hydrogen-bond acceptors (Lipinski definition) is 3. The maximum absolute atomic E-state index is 13.0. The fraction of sp³-hybridized carbons (Fsp3) is 0.379. The van der Waals surface area contributed by atoms with E-state index >= 15 is 0 Å². The second kappa shape index (κ2) is 9.13. The van der Waals surface area contributed by atoms with Crippen LogP contribution in [0.25, 0.3) is 21.8 Å². The Kier molecular flexibility index (Phi) is 5.69. The van der Waals surface area contributed by atoms with Gasteiger partial charge in [0.15, 0.2) is 0 Å². The number of rotatable bonds is 6. The van der Waals surface area contributed by atoms with Gasteiger partial charge >= 0.3 is 0 Å². The van der Waals surface area contributed by atoms with E-state index in [0.717, 1.165) is 47.4 Å². The fourth-order valence-electron chi connectivity index (χ4n) is 5.86. The third kappa shape index (κ3) is 3.93. The molecule has 1 aliphatic heterocycles. The number of likely N-dealkylation sites (tertiary alicyclic amines) is 1. The van der Waals surface area contributed by atoms with Gasteiger partial charge in [-0.1, -0.05) is 67.8 Å². The average Bonchev–Trinajstić information content (AvgIpc) is 3.45. The van der Waals surface area contributed by atoms with E-state index in [9.17, 15) is 4.79 Å². The van der Waals surface area contributed by atoms with Crippen LogP contribution in [-0.4, -0.2) is 39.6 Å². The van der Waals surface area contributed by atoms with Crippen molar-refractivity contribution in [2.75, 3.05) is 13.2 Å². The lowest BCUT2D eigenvalue weighted by Gasteiger charge is -2.31. The number of carbonyl (C=O) groups excluding carboxylic acids is 1. The number of benzene rings is 3. The van der Waals surface area contributed by atoms with Crippen molar-refractivity contribution in [3.8, 4) is 5.75 Å². The van der Waals surface area contributed by atoms with Crippen LogP contribution in [0.15, 0.2) is 66.7 Å². The molecular formula is C29H31N3O2. The lowest BCUT2D eigenvalue weighted by atomic mass is 9.94. The molecule has 3 aromatic carbocycles. The molecule has 5 nitrogen and oxygen atoms in total. The number of ether oxygens (including phenoxy) is 1. The first kappa shape index (κ1) is 21.2. The standard InChI is InChI=1S/C29H31N3O2/c33-28-19-22(20-32(28)23-11-2-1-3-12-23)29-30-25-14-6-7-15-26(25)31(29)17-18-34-27-16-8-10-21-9-4-5-13-24(21)27/h4-10,13-16,22-23H,1-3,11-12,17-20H2. The van der Waals surface area contributed by atoms with Crippen LogP contribution in [0.2, 0.25) is 0 Å². The molecule has 2 aliphatic rings. The molecule has 6 rings (SSSR count). The molecule has 1 atom stereocenters. The summed E-state index contributed by atoms with van der Waals surface area (Å²) >= 11 is 0. The Morgan fingerprint density at radius 2 is 1.71 bits per heavy atom. The molecule has 1 saturated heterocycles. The SMILES string of the molecule is O=C1CC(c2nc3ccccc3n2CCOc2cccc3ccccc23)CN1C1CCCCC1. The predicted octanol–water partition coefficient (Wildman–Crippen LogP) is 5.92. The maximum Gasteiger partial charge on any atom is 0.223 e. The largest absolute Gasteiger partial charge is 0.491 e. The summed E-state index contributed by atoms with van der Waals surface area (Å²) in [4.78, 5) is 20.1. The number of fused-ring (bicyclic) bond motifs is 2. The highest BCUT2D eigenvalue weighted by Gasteiger charge is 2.37. The third-order valence-electron chi connectivity index (χ3n) is 7.55. The molecule has 1 amide bonds. The minimum atomic E-state index is 0.138. The van der Waals surface area contributed by atoms with Crippen LogP contribution in [0, 0.1) is 0 Å². The Morgan fingerprint density at radius 1 is 0.912 bits per heavy atom. The minimum Gasteiger partial charge on any atom is -0.491 e. The molecule has 1 unspecified atom stereocenters. The van der Waals surface area contributed by atoms with Gasteiger partial charge in [-0.25, -0.2) is 4.98 Å². The van der Waals surface area contributed by atoms with E-state index in [4.69, 9.17) is 9.72 Å². The fourth-order valence-corrected chi connectivity index (χ4v) is 5.86. The number of para-hydroxylation sites is 2. The molecule has 0 bridgehead atoms. The van der Waals surface area contributed by atoms with Gasteiger partial charge in [0.1, 0.15) is 18.2 Å².